The molecule has 0 spiro atoms. The van der Waals surface area contributed by atoms with E-state index in [-0.39, 0.29) is 24.0 Å². The fourth-order valence-corrected chi connectivity index (χ4v) is 5.67. The van der Waals surface area contributed by atoms with Gasteiger partial charge in [0.05, 0.1) is 5.88 Å². The number of hydrogen-bond donors (Lipinski definition) is 0. The summed E-state index contributed by atoms with van der Waals surface area (Å²) in [4.78, 5) is 29.2. The van der Waals surface area contributed by atoms with E-state index >= 15 is 0 Å². The Hall–Kier alpha value is -2.47. The Labute approximate surface area is 175 Å². The van der Waals surface area contributed by atoms with E-state index in [4.69, 9.17) is 4.74 Å². The number of fused-ring (bicyclic) bond motifs is 3. The molecule has 2 fully saturated rings. The molecule has 2 aromatic rings. The molecule has 0 N–H and O–H groups in total. The van der Waals surface area contributed by atoms with Crippen LogP contribution in [0.4, 0.5) is 4.79 Å². The number of ether oxygens (including phenoxy) is 1. The minimum atomic E-state index is -0.371. The third-order valence-electron chi connectivity index (χ3n) is 6.17. The van der Waals surface area contributed by atoms with E-state index in [0.29, 0.717) is 13.2 Å². The molecule has 6 heteroatoms. The molecule has 2 aromatic carbocycles. The maximum Gasteiger partial charge on any atom is 0.410 e. The van der Waals surface area contributed by atoms with E-state index in [1.54, 1.807) is 16.7 Å². The third-order valence-corrected chi connectivity index (χ3v) is 7.14. The third kappa shape index (κ3) is 3.29. The lowest BCUT2D eigenvalue weighted by atomic mass is 9.98. The molecule has 29 heavy (non-hydrogen) atoms. The number of amides is 2. The second kappa shape index (κ2) is 7.75. The van der Waals surface area contributed by atoms with Crippen LogP contribution < -0.4 is 0 Å². The summed E-state index contributed by atoms with van der Waals surface area (Å²) in [7, 11) is 0. The Morgan fingerprint density at radius 3 is 2.34 bits per heavy atom. The smallest absolute Gasteiger partial charge is 0.410 e. The molecular weight excluding hydrogens is 384 g/mol. The van der Waals surface area contributed by atoms with Crippen LogP contribution in [0.1, 0.15) is 29.9 Å². The van der Waals surface area contributed by atoms with Gasteiger partial charge in [-0.1, -0.05) is 48.5 Å². The van der Waals surface area contributed by atoms with Gasteiger partial charge in [0.15, 0.2) is 0 Å². The van der Waals surface area contributed by atoms with Crippen LogP contribution >= 0.6 is 11.8 Å². The van der Waals surface area contributed by atoms with Gasteiger partial charge in [0.1, 0.15) is 12.6 Å². The number of thioether (sulfide) groups is 1. The van der Waals surface area contributed by atoms with Crippen LogP contribution in [-0.2, 0) is 9.53 Å². The summed E-state index contributed by atoms with van der Waals surface area (Å²) in [6.45, 7) is 1.66. The molecule has 5 nitrogen and oxygen atoms in total. The maximum atomic E-state index is 12.9. The molecule has 2 heterocycles. The molecule has 2 amide bonds. The van der Waals surface area contributed by atoms with Gasteiger partial charge in [0.2, 0.25) is 5.91 Å². The predicted octanol–water partition coefficient (Wildman–Crippen LogP) is 3.93. The van der Waals surface area contributed by atoms with Crippen molar-refractivity contribution in [2.45, 2.75) is 24.8 Å². The first-order valence-electron chi connectivity index (χ1n) is 10.2. The van der Waals surface area contributed by atoms with Gasteiger partial charge in [0, 0.05) is 24.8 Å². The zero-order valence-electron chi connectivity index (χ0n) is 16.3. The van der Waals surface area contributed by atoms with Crippen LogP contribution in [0.2, 0.25) is 0 Å². The van der Waals surface area contributed by atoms with Crippen molar-refractivity contribution in [1.82, 2.24) is 9.80 Å². The van der Waals surface area contributed by atoms with E-state index in [9.17, 15) is 9.59 Å². The van der Waals surface area contributed by atoms with Gasteiger partial charge in [-0.15, -0.1) is 11.8 Å². The fraction of sp³-hybridized carbons (Fsp3) is 0.391. The first-order valence-corrected chi connectivity index (χ1v) is 11.4. The van der Waals surface area contributed by atoms with Crippen molar-refractivity contribution in [3.05, 3.63) is 59.7 Å². The lowest BCUT2D eigenvalue weighted by molar-refractivity contribution is -0.134. The van der Waals surface area contributed by atoms with Gasteiger partial charge >= 0.3 is 6.09 Å². The number of carbonyl (C=O) groups excluding carboxylic acids is 2. The molecule has 3 aliphatic rings. The largest absolute Gasteiger partial charge is 0.448 e. The highest BCUT2D eigenvalue weighted by Crippen LogP contribution is 2.44. The predicted molar refractivity (Wildman–Crippen MR) is 114 cm³/mol. The average Bonchev–Trinajstić information content (AvgIpc) is 3.51. The van der Waals surface area contributed by atoms with E-state index in [2.05, 4.69) is 24.3 Å². The maximum absolute atomic E-state index is 12.9. The van der Waals surface area contributed by atoms with Crippen LogP contribution in [0.5, 0.6) is 0 Å². The van der Waals surface area contributed by atoms with E-state index in [1.807, 2.05) is 29.2 Å². The Balaban J connectivity index is 1.30. The average molecular weight is 409 g/mol. The van der Waals surface area contributed by atoms with Crippen molar-refractivity contribution < 1.29 is 14.3 Å². The molecule has 0 aromatic heterocycles. The van der Waals surface area contributed by atoms with Crippen molar-refractivity contribution in [2.24, 2.45) is 0 Å². The van der Waals surface area contributed by atoms with Gasteiger partial charge in [0.25, 0.3) is 0 Å². The highest BCUT2D eigenvalue weighted by Gasteiger charge is 2.39. The van der Waals surface area contributed by atoms with Gasteiger partial charge < -0.3 is 9.64 Å². The Morgan fingerprint density at radius 1 is 1.00 bits per heavy atom. The number of hydrogen-bond acceptors (Lipinski definition) is 4. The first-order chi connectivity index (χ1) is 14.2. The topological polar surface area (TPSA) is 49.9 Å². The van der Waals surface area contributed by atoms with E-state index < -0.39 is 0 Å². The molecule has 0 saturated carbocycles. The quantitative estimate of drug-likeness (QED) is 0.772. The Bertz CT molecular complexity index is 896. The summed E-state index contributed by atoms with van der Waals surface area (Å²) in [5.41, 5.74) is 4.82. The van der Waals surface area contributed by atoms with Crippen LogP contribution in [0, 0.1) is 0 Å². The molecule has 0 unspecified atom stereocenters. The monoisotopic (exact) mass is 408 g/mol. The summed E-state index contributed by atoms with van der Waals surface area (Å²) in [5, 5.41) is 0. The minimum absolute atomic E-state index is 0.0399. The van der Waals surface area contributed by atoms with Crippen molar-refractivity contribution in [1.29, 1.82) is 0 Å². The van der Waals surface area contributed by atoms with Crippen LogP contribution in [0.25, 0.3) is 11.1 Å². The summed E-state index contributed by atoms with van der Waals surface area (Å²) in [5.74, 6) is 1.82. The number of likely N-dealkylation sites (tertiary alicyclic amines) is 1. The highest BCUT2D eigenvalue weighted by atomic mass is 32.2. The van der Waals surface area contributed by atoms with Gasteiger partial charge in [-0.05, 0) is 35.1 Å². The number of carbonyl (C=O) groups is 2. The second-order valence-corrected chi connectivity index (χ2v) is 8.87. The fourth-order valence-electron chi connectivity index (χ4n) is 4.72. The van der Waals surface area contributed by atoms with Gasteiger partial charge in [-0.2, -0.15) is 0 Å². The molecule has 2 saturated heterocycles. The van der Waals surface area contributed by atoms with Crippen molar-refractivity contribution in [2.75, 3.05) is 31.3 Å². The molecule has 5 rings (SSSR count). The minimum Gasteiger partial charge on any atom is -0.448 e. The Kier molecular flexibility index (Phi) is 4.96. The Morgan fingerprint density at radius 2 is 1.69 bits per heavy atom. The number of nitrogens with zero attached hydrogens (tertiary/aromatic N) is 2. The van der Waals surface area contributed by atoms with E-state index in [1.165, 1.54) is 22.3 Å². The lowest BCUT2D eigenvalue weighted by Gasteiger charge is -2.27. The summed E-state index contributed by atoms with van der Waals surface area (Å²) >= 11 is 1.76. The van der Waals surface area contributed by atoms with Crippen LogP contribution in [-0.4, -0.2) is 59.2 Å². The molecule has 1 atom stereocenters. The molecule has 0 bridgehead atoms. The van der Waals surface area contributed by atoms with Crippen molar-refractivity contribution in [3.8, 4) is 11.1 Å². The van der Waals surface area contributed by atoms with Crippen LogP contribution in [0.3, 0.4) is 0 Å². The molecule has 0 radical (unpaired) electrons. The summed E-state index contributed by atoms with van der Waals surface area (Å²) < 4.78 is 5.78. The molecule has 1 aliphatic carbocycles. The lowest BCUT2D eigenvalue weighted by Crippen LogP contribution is -2.47. The van der Waals surface area contributed by atoms with Gasteiger partial charge in [-0.25, -0.2) is 4.79 Å². The second-order valence-electron chi connectivity index (χ2n) is 7.79. The normalized spacial score (nSPS) is 20.6. The standard InChI is InChI=1S/C23H24N2O3S/c26-22(24-12-13-29-15-24)21-10-5-11-25(21)23(27)28-14-20-18-8-3-1-6-16(18)17-7-2-4-9-19(17)20/h1-4,6-9,20-21H,5,10-15H2/t21-/m0/s1. The zero-order chi connectivity index (χ0) is 19.8. The van der Waals surface area contributed by atoms with Gasteiger partial charge in [-0.3, -0.25) is 9.69 Å². The van der Waals surface area contributed by atoms with Crippen molar-refractivity contribution in [3.63, 3.8) is 0 Å². The SMILES string of the molecule is O=C([C@@H]1CCCN1C(=O)OCC1c2ccccc2-c2ccccc21)N1CCSC1. The number of benzene rings is 2. The van der Waals surface area contributed by atoms with Crippen LogP contribution in [0.15, 0.2) is 48.5 Å². The van der Waals surface area contributed by atoms with Crippen molar-refractivity contribution >= 4 is 23.8 Å². The zero-order valence-corrected chi connectivity index (χ0v) is 17.1. The van der Waals surface area contributed by atoms with E-state index in [0.717, 1.165) is 31.0 Å². The first kappa shape index (κ1) is 18.6. The molecule has 150 valence electrons. The summed E-state index contributed by atoms with van der Waals surface area (Å²) in [6, 6.07) is 16.2. The molecule has 2 aliphatic heterocycles. The number of rotatable bonds is 3. The highest BCUT2D eigenvalue weighted by molar-refractivity contribution is 7.99. The summed E-state index contributed by atoms with van der Waals surface area (Å²) in [6.07, 6.45) is 1.21. The molecular formula is C23H24N2O3S.